The molecular formula is C14H17ClN2O5. The molecule has 0 atom stereocenters. The van der Waals surface area contributed by atoms with Gasteiger partial charge in [-0.2, -0.15) is 0 Å². The Kier molecular flexibility index (Phi) is 6.78. The van der Waals surface area contributed by atoms with Crippen LogP contribution in [0, 0.1) is 16.0 Å². The van der Waals surface area contributed by atoms with E-state index in [0.717, 1.165) is 12.5 Å². The van der Waals surface area contributed by atoms with Gasteiger partial charge in [-0.1, -0.05) is 25.4 Å². The highest BCUT2D eigenvalue weighted by molar-refractivity contribution is 6.33. The second-order valence-electron chi connectivity index (χ2n) is 5.03. The van der Waals surface area contributed by atoms with E-state index in [2.05, 4.69) is 5.32 Å². The van der Waals surface area contributed by atoms with Gasteiger partial charge in [0.25, 0.3) is 11.6 Å². The molecule has 7 nitrogen and oxygen atoms in total. The lowest BCUT2D eigenvalue weighted by atomic mass is 10.1. The lowest BCUT2D eigenvalue weighted by molar-refractivity contribution is -0.384. The van der Waals surface area contributed by atoms with Crippen LogP contribution in [0.1, 0.15) is 30.6 Å². The molecular weight excluding hydrogens is 312 g/mol. The van der Waals surface area contributed by atoms with Crippen LogP contribution in [0.3, 0.4) is 0 Å². The van der Waals surface area contributed by atoms with Gasteiger partial charge in [0.05, 0.1) is 15.5 Å². The molecule has 0 aromatic heterocycles. The fourth-order valence-electron chi connectivity index (χ4n) is 1.54. The van der Waals surface area contributed by atoms with Crippen molar-refractivity contribution in [2.75, 3.05) is 13.2 Å². The fourth-order valence-corrected chi connectivity index (χ4v) is 1.74. The van der Waals surface area contributed by atoms with Gasteiger partial charge in [-0.05, 0) is 18.4 Å². The molecule has 1 N–H and O–H groups in total. The van der Waals surface area contributed by atoms with Crippen molar-refractivity contribution in [2.45, 2.75) is 20.3 Å². The summed E-state index contributed by atoms with van der Waals surface area (Å²) in [7, 11) is 0. The van der Waals surface area contributed by atoms with Crippen LogP contribution in [0.2, 0.25) is 5.02 Å². The summed E-state index contributed by atoms with van der Waals surface area (Å²) in [5.41, 5.74) is -0.427. The molecule has 0 fully saturated rings. The van der Waals surface area contributed by atoms with Crippen LogP contribution < -0.4 is 5.32 Å². The third kappa shape index (κ3) is 5.69. The van der Waals surface area contributed by atoms with E-state index in [9.17, 15) is 19.7 Å². The Morgan fingerprint density at radius 2 is 2.09 bits per heavy atom. The number of hydrogen-bond acceptors (Lipinski definition) is 5. The van der Waals surface area contributed by atoms with Crippen molar-refractivity contribution in [3.05, 3.63) is 38.9 Å². The zero-order chi connectivity index (χ0) is 16.7. The third-order valence-corrected chi connectivity index (χ3v) is 3.09. The van der Waals surface area contributed by atoms with Gasteiger partial charge in [-0.3, -0.25) is 14.9 Å². The molecule has 1 amide bonds. The molecule has 0 heterocycles. The maximum Gasteiger partial charge on any atom is 0.340 e. The highest BCUT2D eigenvalue weighted by atomic mass is 35.5. The van der Waals surface area contributed by atoms with Gasteiger partial charge in [-0.15, -0.1) is 0 Å². The molecule has 0 aliphatic carbocycles. The summed E-state index contributed by atoms with van der Waals surface area (Å²) in [4.78, 5) is 33.3. The van der Waals surface area contributed by atoms with E-state index in [1.165, 1.54) is 12.1 Å². The van der Waals surface area contributed by atoms with Crippen molar-refractivity contribution in [3.8, 4) is 0 Å². The number of nitro benzene ring substituents is 1. The number of amides is 1. The molecule has 1 rings (SSSR count). The monoisotopic (exact) mass is 328 g/mol. The van der Waals surface area contributed by atoms with Gasteiger partial charge in [0.2, 0.25) is 0 Å². The molecule has 0 saturated heterocycles. The summed E-state index contributed by atoms with van der Waals surface area (Å²) in [6.07, 6.45) is 0.816. The first-order valence-electron chi connectivity index (χ1n) is 6.69. The Bertz CT molecular complexity index is 574. The number of nitrogens with one attached hydrogen (secondary N) is 1. The number of halogens is 1. The predicted molar refractivity (Wildman–Crippen MR) is 80.9 cm³/mol. The number of carbonyl (C=O) groups is 2. The molecule has 1 aromatic carbocycles. The zero-order valence-corrected chi connectivity index (χ0v) is 13.1. The molecule has 8 heteroatoms. The smallest absolute Gasteiger partial charge is 0.340 e. The van der Waals surface area contributed by atoms with Crippen LogP contribution in [-0.2, 0) is 9.53 Å². The number of nitro groups is 1. The van der Waals surface area contributed by atoms with Crippen LogP contribution >= 0.6 is 11.6 Å². The maximum atomic E-state index is 11.8. The number of rotatable bonds is 7. The SMILES string of the molecule is CC(C)CCNC(=O)COC(=O)c1cc([N+](=O)[O-])ccc1Cl. The normalized spacial score (nSPS) is 10.4. The number of esters is 1. The summed E-state index contributed by atoms with van der Waals surface area (Å²) < 4.78 is 4.80. The summed E-state index contributed by atoms with van der Waals surface area (Å²) in [6.45, 7) is 4.08. The molecule has 0 bridgehead atoms. The van der Waals surface area contributed by atoms with Crippen LogP contribution in [0.15, 0.2) is 18.2 Å². The van der Waals surface area contributed by atoms with Crippen LogP contribution in [0.5, 0.6) is 0 Å². The molecule has 0 radical (unpaired) electrons. The summed E-state index contributed by atoms with van der Waals surface area (Å²) in [6, 6.07) is 3.43. The number of benzene rings is 1. The Morgan fingerprint density at radius 3 is 2.68 bits per heavy atom. The van der Waals surface area contributed by atoms with E-state index in [1.54, 1.807) is 0 Å². The molecule has 0 spiro atoms. The summed E-state index contributed by atoms with van der Waals surface area (Å²) in [5, 5.41) is 13.3. The lowest BCUT2D eigenvalue weighted by Gasteiger charge is -2.08. The number of ether oxygens (including phenoxy) is 1. The first kappa shape index (κ1) is 17.9. The highest BCUT2D eigenvalue weighted by Crippen LogP contribution is 2.22. The van der Waals surface area contributed by atoms with E-state index >= 15 is 0 Å². The van der Waals surface area contributed by atoms with Crippen molar-refractivity contribution in [3.63, 3.8) is 0 Å². The third-order valence-electron chi connectivity index (χ3n) is 2.76. The number of nitrogens with zero attached hydrogens (tertiary/aromatic N) is 1. The maximum absolute atomic E-state index is 11.8. The van der Waals surface area contributed by atoms with Gasteiger partial charge < -0.3 is 10.1 Å². The molecule has 120 valence electrons. The highest BCUT2D eigenvalue weighted by Gasteiger charge is 2.18. The lowest BCUT2D eigenvalue weighted by Crippen LogP contribution is -2.30. The number of hydrogen-bond donors (Lipinski definition) is 1. The Balaban J connectivity index is 2.57. The first-order valence-corrected chi connectivity index (χ1v) is 7.06. The average molecular weight is 329 g/mol. The Labute approximate surface area is 132 Å². The minimum atomic E-state index is -0.882. The second-order valence-corrected chi connectivity index (χ2v) is 5.44. The minimum Gasteiger partial charge on any atom is -0.452 e. The van der Waals surface area contributed by atoms with Crippen molar-refractivity contribution in [1.29, 1.82) is 0 Å². The summed E-state index contributed by atoms with van der Waals surface area (Å²) >= 11 is 5.81. The molecule has 22 heavy (non-hydrogen) atoms. The molecule has 0 aliphatic rings. The predicted octanol–water partition coefficient (Wildman–Crippen LogP) is 2.57. The average Bonchev–Trinajstić information content (AvgIpc) is 2.44. The van der Waals surface area contributed by atoms with Crippen molar-refractivity contribution < 1.29 is 19.2 Å². The van der Waals surface area contributed by atoms with Crippen molar-refractivity contribution >= 4 is 29.2 Å². The summed E-state index contributed by atoms with van der Waals surface area (Å²) in [5.74, 6) is -0.866. The molecule has 1 aromatic rings. The van der Waals surface area contributed by atoms with Crippen LogP contribution in [-0.4, -0.2) is 30.0 Å². The van der Waals surface area contributed by atoms with E-state index < -0.39 is 23.4 Å². The Morgan fingerprint density at radius 1 is 1.41 bits per heavy atom. The quantitative estimate of drug-likeness (QED) is 0.471. The van der Waals surface area contributed by atoms with Crippen LogP contribution in [0.25, 0.3) is 0 Å². The largest absolute Gasteiger partial charge is 0.452 e. The number of non-ortho nitro benzene ring substituents is 1. The fraction of sp³-hybridized carbons (Fsp3) is 0.429. The van der Waals surface area contributed by atoms with E-state index in [4.69, 9.17) is 16.3 Å². The van der Waals surface area contributed by atoms with Gasteiger partial charge in [0.15, 0.2) is 6.61 Å². The molecule has 0 unspecified atom stereocenters. The van der Waals surface area contributed by atoms with Gasteiger partial charge >= 0.3 is 5.97 Å². The zero-order valence-electron chi connectivity index (χ0n) is 12.3. The topological polar surface area (TPSA) is 98.5 Å². The van der Waals surface area contributed by atoms with Gasteiger partial charge in [0, 0.05) is 18.7 Å². The second kappa shape index (κ2) is 8.33. The minimum absolute atomic E-state index is 0.0239. The Hall–Kier alpha value is -2.15. The molecule has 0 saturated carbocycles. The molecule has 0 aliphatic heterocycles. The standard InChI is InChI=1S/C14H17ClN2O5/c1-9(2)5-6-16-13(18)8-22-14(19)11-7-10(17(20)21)3-4-12(11)15/h3-4,7,9H,5-6,8H2,1-2H3,(H,16,18). The van der Waals surface area contributed by atoms with Crippen LogP contribution in [0.4, 0.5) is 5.69 Å². The number of carbonyl (C=O) groups excluding carboxylic acids is 2. The first-order chi connectivity index (χ1) is 10.3. The van der Waals surface area contributed by atoms with E-state index in [1.807, 2.05) is 13.8 Å². The van der Waals surface area contributed by atoms with E-state index in [0.29, 0.717) is 12.5 Å². The van der Waals surface area contributed by atoms with Crippen molar-refractivity contribution in [1.82, 2.24) is 5.32 Å². The van der Waals surface area contributed by atoms with Gasteiger partial charge in [0.1, 0.15) is 0 Å². The van der Waals surface area contributed by atoms with Crippen molar-refractivity contribution in [2.24, 2.45) is 5.92 Å². The van der Waals surface area contributed by atoms with Gasteiger partial charge in [-0.25, -0.2) is 4.79 Å². The van der Waals surface area contributed by atoms with E-state index in [-0.39, 0.29) is 16.3 Å².